The molecular weight excluding hydrogens is 262 g/mol. The molecule has 0 fully saturated rings. The third-order valence-corrected chi connectivity index (χ3v) is 7.35. The maximum atomic E-state index is 8.70. The zero-order valence-corrected chi connectivity index (χ0v) is 15.3. The average molecular weight is 287 g/mol. The predicted octanol–water partition coefficient (Wildman–Crippen LogP) is -1.21. The van der Waals surface area contributed by atoms with Crippen molar-refractivity contribution in [1.29, 1.82) is 0 Å². The molecule has 0 aromatic heterocycles. The quantitative estimate of drug-likeness (QED) is 0.502. The van der Waals surface area contributed by atoms with Crippen molar-refractivity contribution in [3.63, 3.8) is 0 Å². The Morgan fingerprint density at radius 1 is 1.00 bits per heavy atom. The van der Waals surface area contributed by atoms with Gasteiger partial charge in [0.15, 0.2) is 0 Å². The second-order valence-corrected chi connectivity index (χ2v) is 7.90. The van der Waals surface area contributed by atoms with Crippen LogP contribution in [0.4, 0.5) is 0 Å². The van der Waals surface area contributed by atoms with Gasteiger partial charge in [-0.1, -0.05) is 27.7 Å². The van der Waals surface area contributed by atoms with Gasteiger partial charge >= 0.3 is 59.6 Å². The van der Waals surface area contributed by atoms with E-state index in [1.54, 1.807) is 0 Å². The van der Waals surface area contributed by atoms with Gasteiger partial charge < -0.3 is 6.90 Å². The van der Waals surface area contributed by atoms with E-state index in [0.717, 1.165) is 0 Å². The number of hydrogen-bond acceptors (Lipinski definition) is 1. The maximum absolute atomic E-state index is 8.70. The summed E-state index contributed by atoms with van der Waals surface area (Å²) in [6, 6.07) is 0. The SMILES string of the molecule is CCS(CC)(CC)CC.O.O=[P+](O)O.[H-].[K+]. The molecule has 0 amide bonds. The van der Waals surface area contributed by atoms with E-state index in [4.69, 9.17) is 14.4 Å². The summed E-state index contributed by atoms with van der Waals surface area (Å²) in [4.78, 5) is 14.2. The zero-order valence-electron chi connectivity index (χ0n) is 11.5. The van der Waals surface area contributed by atoms with Gasteiger partial charge in [0, 0.05) is 4.57 Å². The van der Waals surface area contributed by atoms with Gasteiger partial charge in [-0.05, 0) is 23.0 Å². The molecule has 0 heterocycles. The van der Waals surface area contributed by atoms with E-state index in [1.165, 1.54) is 23.0 Å². The Kier molecular flexibility index (Phi) is 27.4. The Hall–Kier alpha value is 1.97. The molecule has 0 saturated carbocycles. The van der Waals surface area contributed by atoms with Crippen LogP contribution >= 0.6 is 18.3 Å². The fourth-order valence-electron chi connectivity index (χ4n) is 1.22. The van der Waals surface area contributed by atoms with E-state index in [9.17, 15) is 0 Å². The van der Waals surface area contributed by atoms with Crippen LogP contribution in [0.25, 0.3) is 0 Å². The molecule has 0 aliphatic carbocycles. The third-order valence-electron chi connectivity index (χ3n) is 2.45. The Morgan fingerprint density at radius 2 is 1.13 bits per heavy atom. The topological polar surface area (TPSA) is 89.0 Å². The van der Waals surface area contributed by atoms with Crippen LogP contribution in [-0.4, -0.2) is 38.3 Å². The second kappa shape index (κ2) is 16.0. The van der Waals surface area contributed by atoms with Crippen LogP contribution in [0.3, 0.4) is 0 Å². The molecule has 0 aliphatic heterocycles. The molecule has 0 saturated heterocycles. The first-order valence-electron chi connectivity index (χ1n) is 4.57. The summed E-state index contributed by atoms with van der Waals surface area (Å²) < 4.78 is 8.70. The van der Waals surface area contributed by atoms with Crippen molar-refractivity contribution in [3.05, 3.63) is 0 Å². The number of rotatable bonds is 4. The largest absolute Gasteiger partial charge is 1.00 e. The minimum absolute atomic E-state index is 0. The molecule has 4 N–H and O–H groups in total. The van der Waals surface area contributed by atoms with Gasteiger partial charge in [0.25, 0.3) is 0 Å². The minimum atomic E-state index is -2.87. The standard InChI is InChI=1S/C8H20S.K.HO3P.H2O.H/c1-5-9(6-2,7-3)8-4;;1-4(2)3;;/h5-8H2,1-4H3;;(H-,1,2,3);1H2;/q;+1;;;-1/p+1. The van der Waals surface area contributed by atoms with E-state index in [0.29, 0.717) is 0 Å². The van der Waals surface area contributed by atoms with Gasteiger partial charge in [0.05, 0.1) is 0 Å². The summed E-state index contributed by atoms with van der Waals surface area (Å²) in [5, 5.41) is 0. The van der Waals surface area contributed by atoms with Crippen LogP contribution in [0, 0.1) is 0 Å². The van der Waals surface area contributed by atoms with E-state index in [1.807, 2.05) is 0 Å². The van der Waals surface area contributed by atoms with Crippen molar-refractivity contribution >= 4 is 18.3 Å². The van der Waals surface area contributed by atoms with Gasteiger partial charge in [0.1, 0.15) is 0 Å². The molecule has 0 rings (SSSR count). The normalized spacial score (nSPS) is 10.0. The Balaban J connectivity index is -0.0000000511. The summed E-state index contributed by atoms with van der Waals surface area (Å²) in [5.74, 6) is 5.71. The molecule has 0 bridgehead atoms. The van der Waals surface area contributed by atoms with E-state index in [2.05, 4.69) is 27.7 Å². The Labute approximate surface area is 140 Å². The fraction of sp³-hybridized carbons (Fsp3) is 1.00. The first-order valence-corrected chi connectivity index (χ1v) is 8.04. The van der Waals surface area contributed by atoms with Crippen molar-refractivity contribution < 1.29 is 72.6 Å². The van der Waals surface area contributed by atoms with Gasteiger partial charge in [-0.2, -0.15) is 0 Å². The van der Waals surface area contributed by atoms with Crippen LogP contribution in [0.1, 0.15) is 29.1 Å². The third kappa shape index (κ3) is 16.0. The van der Waals surface area contributed by atoms with Crippen LogP contribution in [0.15, 0.2) is 0 Å². The molecule has 0 aliphatic rings. The van der Waals surface area contributed by atoms with Crippen LogP contribution in [0.2, 0.25) is 0 Å². The summed E-state index contributed by atoms with van der Waals surface area (Å²) in [7, 11) is -3.02. The molecule has 0 radical (unpaired) electrons. The molecule has 4 nitrogen and oxygen atoms in total. The van der Waals surface area contributed by atoms with Crippen molar-refractivity contribution in [2.24, 2.45) is 0 Å². The number of hydrogen-bond donors (Lipinski definition) is 2. The molecule has 0 spiro atoms. The first kappa shape index (κ1) is 25.7. The first-order chi connectivity index (χ1) is 5.97. The molecule has 0 aromatic rings. The van der Waals surface area contributed by atoms with Crippen LogP contribution in [-0.2, 0) is 4.57 Å². The van der Waals surface area contributed by atoms with E-state index < -0.39 is 8.25 Å². The van der Waals surface area contributed by atoms with Crippen molar-refractivity contribution in [1.82, 2.24) is 0 Å². The average Bonchev–Trinajstić information content (AvgIpc) is 2.09. The Bertz CT molecular complexity index is 128. The monoisotopic (exact) mass is 287 g/mol. The zero-order chi connectivity index (χ0) is 10.9. The van der Waals surface area contributed by atoms with Crippen molar-refractivity contribution in [2.75, 3.05) is 23.0 Å². The van der Waals surface area contributed by atoms with Crippen molar-refractivity contribution in [2.45, 2.75) is 27.7 Å². The fourth-order valence-corrected chi connectivity index (χ4v) is 3.67. The van der Waals surface area contributed by atoms with Crippen molar-refractivity contribution in [3.8, 4) is 0 Å². The molecule has 15 heavy (non-hydrogen) atoms. The summed E-state index contributed by atoms with van der Waals surface area (Å²) in [6.07, 6.45) is 0. The molecule has 0 atom stereocenters. The maximum Gasteiger partial charge on any atom is 1.00 e. The predicted molar refractivity (Wildman–Crippen MR) is 66.5 cm³/mol. The van der Waals surface area contributed by atoms with Gasteiger partial charge in [-0.3, -0.25) is 0 Å². The summed E-state index contributed by atoms with van der Waals surface area (Å²) >= 11 is 0. The molecule has 0 unspecified atom stereocenters. The molecule has 92 valence electrons. The van der Waals surface area contributed by atoms with Crippen LogP contribution in [0.5, 0.6) is 0 Å². The van der Waals surface area contributed by atoms with E-state index in [-0.39, 0.29) is 68.3 Å². The summed E-state index contributed by atoms with van der Waals surface area (Å²) in [5.41, 5.74) is 0. The van der Waals surface area contributed by atoms with Crippen LogP contribution < -0.4 is 51.4 Å². The molecule has 0 aromatic carbocycles. The van der Waals surface area contributed by atoms with Gasteiger partial charge in [-0.25, -0.2) is 10.0 Å². The minimum Gasteiger partial charge on any atom is -1.00 e. The Morgan fingerprint density at radius 3 is 1.13 bits per heavy atom. The van der Waals surface area contributed by atoms with Gasteiger partial charge in [0.2, 0.25) is 0 Å². The molecular formula is C8H25KO4PS+. The molecule has 7 heteroatoms. The second-order valence-electron chi connectivity index (χ2n) is 2.63. The van der Waals surface area contributed by atoms with Gasteiger partial charge in [-0.15, -0.1) is 9.79 Å². The summed E-state index contributed by atoms with van der Waals surface area (Å²) in [6.45, 7) is 9.36. The smallest absolute Gasteiger partial charge is 1.00 e. The van der Waals surface area contributed by atoms with E-state index >= 15 is 0 Å².